The van der Waals surface area contributed by atoms with Gasteiger partial charge in [-0.15, -0.1) is 0 Å². The summed E-state index contributed by atoms with van der Waals surface area (Å²) in [5, 5.41) is 9.60. The standard InChI is InChI=1S/C17H20FNO2/c1-13-11-15(18)7-8-16(13)21-10-9-17(19,12-20)14-5-3-2-4-6-14/h2-8,11,20H,9-10,12,19H2,1H3. The van der Waals surface area contributed by atoms with Crippen molar-refractivity contribution < 1.29 is 14.2 Å². The van der Waals surface area contributed by atoms with Crippen LogP contribution < -0.4 is 10.5 Å². The van der Waals surface area contributed by atoms with Crippen molar-refractivity contribution in [3.05, 3.63) is 65.5 Å². The molecule has 0 radical (unpaired) electrons. The Morgan fingerprint density at radius 2 is 1.90 bits per heavy atom. The van der Waals surface area contributed by atoms with Gasteiger partial charge in [0.1, 0.15) is 11.6 Å². The van der Waals surface area contributed by atoms with Gasteiger partial charge in [-0.3, -0.25) is 0 Å². The Kier molecular flexibility index (Phi) is 4.94. The summed E-state index contributed by atoms with van der Waals surface area (Å²) < 4.78 is 18.7. The smallest absolute Gasteiger partial charge is 0.123 e. The van der Waals surface area contributed by atoms with E-state index in [-0.39, 0.29) is 12.4 Å². The number of aliphatic hydroxyl groups excluding tert-OH is 1. The first-order valence-electron chi connectivity index (χ1n) is 6.89. The van der Waals surface area contributed by atoms with Gasteiger partial charge in [-0.1, -0.05) is 30.3 Å². The first-order valence-corrected chi connectivity index (χ1v) is 6.89. The fourth-order valence-corrected chi connectivity index (χ4v) is 2.20. The number of aryl methyl sites for hydroxylation is 1. The first-order chi connectivity index (χ1) is 10.0. The van der Waals surface area contributed by atoms with Crippen molar-refractivity contribution in [3.8, 4) is 5.75 Å². The monoisotopic (exact) mass is 289 g/mol. The average Bonchev–Trinajstić information content (AvgIpc) is 2.50. The topological polar surface area (TPSA) is 55.5 Å². The maximum atomic E-state index is 13.0. The Bertz CT molecular complexity index is 589. The van der Waals surface area contributed by atoms with Gasteiger partial charge in [0.2, 0.25) is 0 Å². The third-order valence-electron chi connectivity index (χ3n) is 3.57. The van der Waals surface area contributed by atoms with Gasteiger partial charge in [0, 0.05) is 6.42 Å². The zero-order valence-electron chi connectivity index (χ0n) is 12.1. The lowest BCUT2D eigenvalue weighted by Crippen LogP contribution is -2.41. The molecule has 0 saturated carbocycles. The largest absolute Gasteiger partial charge is 0.493 e. The molecule has 0 aliphatic carbocycles. The van der Waals surface area contributed by atoms with Crippen LogP contribution in [-0.4, -0.2) is 18.3 Å². The molecular weight excluding hydrogens is 269 g/mol. The third kappa shape index (κ3) is 3.80. The molecule has 0 aliphatic heterocycles. The molecule has 3 nitrogen and oxygen atoms in total. The highest BCUT2D eigenvalue weighted by Crippen LogP contribution is 2.23. The van der Waals surface area contributed by atoms with Crippen molar-refractivity contribution in [2.24, 2.45) is 5.73 Å². The molecule has 0 fully saturated rings. The van der Waals surface area contributed by atoms with E-state index in [0.29, 0.717) is 18.8 Å². The molecule has 112 valence electrons. The average molecular weight is 289 g/mol. The Balaban J connectivity index is 2.01. The molecule has 0 heterocycles. The van der Waals surface area contributed by atoms with Crippen LogP contribution in [0, 0.1) is 12.7 Å². The Hall–Kier alpha value is -1.91. The van der Waals surface area contributed by atoms with Crippen LogP contribution in [0.3, 0.4) is 0 Å². The van der Waals surface area contributed by atoms with Crippen molar-refractivity contribution in [2.45, 2.75) is 18.9 Å². The van der Waals surface area contributed by atoms with Gasteiger partial charge in [-0.25, -0.2) is 4.39 Å². The second-order valence-corrected chi connectivity index (χ2v) is 5.19. The molecule has 0 amide bonds. The maximum Gasteiger partial charge on any atom is 0.123 e. The molecule has 1 unspecified atom stereocenters. The van der Waals surface area contributed by atoms with Crippen LogP contribution in [0.2, 0.25) is 0 Å². The van der Waals surface area contributed by atoms with Crippen LogP contribution in [-0.2, 0) is 5.54 Å². The van der Waals surface area contributed by atoms with Gasteiger partial charge in [0.05, 0.1) is 18.8 Å². The van der Waals surface area contributed by atoms with Crippen molar-refractivity contribution in [1.82, 2.24) is 0 Å². The summed E-state index contributed by atoms with van der Waals surface area (Å²) in [6.45, 7) is 1.97. The number of nitrogens with two attached hydrogens (primary N) is 1. The summed E-state index contributed by atoms with van der Waals surface area (Å²) in [5.41, 5.74) is 7.02. The van der Waals surface area contributed by atoms with E-state index in [4.69, 9.17) is 10.5 Å². The predicted octanol–water partition coefficient (Wildman–Crippen LogP) is 2.75. The zero-order chi connectivity index (χ0) is 15.3. The van der Waals surface area contributed by atoms with E-state index in [0.717, 1.165) is 11.1 Å². The lowest BCUT2D eigenvalue weighted by atomic mass is 9.89. The van der Waals surface area contributed by atoms with Gasteiger partial charge < -0.3 is 15.6 Å². The second-order valence-electron chi connectivity index (χ2n) is 5.19. The molecule has 4 heteroatoms. The highest BCUT2D eigenvalue weighted by atomic mass is 19.1. The SMILES string of the molecule is Cc1cc(F)ccc1OCCC(N)(CO)c1ccccc1. The molecule has 0 saturated heterocycles. The number of aliphatic hydroxyl groups is 1. The minimum absolute atomic E-state index is 0.164. The summed E-state index contributed by atoms with van der Waals surface area (Å²) in [6.07, 6.45) is 0.463. The lowest BCUT2D eigenvalue weighted by Gasteiger charge is -2.28. The molecule has 21 heavy (non-hydrogen) atoms. The van der Waals surface area contributed by atoms with Crippen LogP contribution in [0.25, 0.3) is 0 Å². The zero-order valence-corrected chi connectivity index (χ0v) is 12.1. The van der Waals surface area contributed by atoms with Crippen LogP contribution in [0.4, 0.5) is 4.39 Å². The molecule has 2 aromatic carbocycles. The van der Waals surface area contributed by atoms with E-state index in [1.165, 1.54) is 12.1 Å². The molecule has 2 rings (SSSR count). The number of hydrogen-bond acceptors (Lipinski definition) is 3. The van der Waals surface area contributed by atoms with Crippen molar-refractivity contribution in [3.63, 3.8) is 0 Å². The van der Waals surface area contributed by atoms with Gasteiger partial charge in [-0.2, -0.15) is 0 Å². The summed E-state index contributed by atoms with van der Waals surface area (Å²) in [5.74, 6) is 0.345. The summed E-state index contributed by atoms with van der Waals surface area (Å²) in [7, 11) is 0. The molecule has 0 aliphatic rings. The van der Waals surface area contributed by atoms with Gasteiger partial charge in [0.25, 0.3) is 0 Å². The molecule has 2 aromatic rings. The molecule has 0 spiro atoms. The highest BCUT2D eigenvalue weighted by molar-refractivity contribution is 5.32. The van der Waals surface area contributed by atoms with Crippen LogP contribution in [0.5, 0.6) is 5.75 Å². The highest BCUT2D eigenvalue weighted by Gasteiger charge is 2.26. The summed E-state index contributed by atoms with van der Waals surface area (Å²) >= 11 is 0. The second kappa shape index (κ2) is 6.70. The molecule has 1 atom stereocenters. The predicted molar refractivity (Wildman–Crippen MR) is 80.6 cm³/mol. The first kappa shape index (κ1) is 15.5. The normalized spacial score (nSPS) is 13.7. The van der Waals surface area contributed by atoms with Crippen molar-refractivity contribution in [2.75, 3.05) is 13.2 Å². The number of benzene rings is 2. The fourth-order valence-electron chi connectivity index (χ4n) is 2.20. The van der Waals surface area contributed by atoms with E-state index < -0.39 is 5.54 Å². The quantitative estimate of drug-likeness (QED) is 0.859. The lowest BCUT2D eigenvalue weighted by molar-refractivity contribution is 0.162. The van der Waals surface area contributed by atoms with Crippen LogP contribution in [0.1, 0.15) is 17.5 Å². The van der Waals surface area contributed by atoms with Gasteiger partial charge >= 0.3 is 0 Å². The summed E-state index contributed by atoms with van der Waals surface area (Å²) in [6, 6.07) is 13.8. The number of halogens is 1. The van der Waals surface area contributed by atoms with Crippen molar-refractivity contribution >= 4 is 0 Å². The van der Waals surface area contributed by atoms with E-state index in [1.807, 2.05) is 30.3 Å². The molecule has 0 bridgehead atoms. The molecule has 3 N–H and O–H groups in total. The minimum Gasteiger partial charge on any atom is -0.493 e. The third-order valence-corrected chi connectivity index (χ3v) is 3.57. The number of hydrogen-bond donors (Lipinski definition) is 2. The summed E-state index contributed by atoms with van der Waals surface area (Å²) in [4.78, 5) is 0. The van der Waals surface area contributed by atoms with Gasteiger partial charge in [-0.05, 0) is 36.2 Å². The van der Waals surface area contributed by atoms with Crippen LogP contribution >= 0.6 is 0 Å². The Morgan fingerprint density at radius 1 is 1.19 bits per heavy atom. The van der Waals surface area contributed by atoms with E-state index in [9.17, 15) is 9.50 Å². The molecule has 0 aromatic heterocycles. The maximum absolute atomic E-state index is 13.0. The number of ether oxygens (including phenoxy) is 1. The fraction of sp³-hybridized carbons (Fsp3) is 0.294. The van der Waals surface area contributed by atoms with E-state index in [1.54, 1.807) is 13.0 Å². The van der Waals surface area contributed by atoms with E-state index >= 15 is 0 Å². The molecular formula is C17H20FNO2. The Labute approximate surface area is 124 Å². The number of rotatable bonds is 6. The van der Waals surface area contributed by atoms with Crippen LogP contribution in [0.15, 0.2) is 48.5 Å². The van der Waals surface area contributed by atoms with Crippen molar-refractivity contribution in [1.29, 1.82) is 0 Å². The Morgan fingerprint density at radius 3 is 2.52 bits per heavy atom. The van der Waals surface area contributed by atoms with Gasteiger partial charge in [0.15, 0.2) is 0 Å². The minimum atomic E-state index is -0.838. The van der Waals surface area contributed by atoms with E-state index in [2.05, 4.69) is 0 Å².